The smallest absolute Gasteiger partial charge is 0.387 e. The van der Waals surface area contributed by atoms with Gasteiger partial charge in [0, 0.05) is 6.42 Å². The van der Waals surface area contributed by atoms with Gasteiger partial charge >= 0.3 is 7.82 Å². The van der Waals surface area contributed by atoms with E-state index in [1.54, 1.807) is 6.08 Å². The third-order valence-corrected chi connectivity index (χ3v) is 13.1. The molecular weight excluding hydrogens is 804 g/mol. The predicted molar refractivity (Wildman–Crippen MR) is 272 cm³/mol. The summed E-state index contributed by atoms with van der Waals surface area (Å²) in [7, 11) is 1.58. The van der Waals surface area contributed by atoms with Gasteiger partial charge in [-0.25, -0.2) is 4.57 Å². The van der Waals surface area contributed by atoms with Gasteiger partial charge in [-0.3, -0.25) is 13.8 Å². The molecule has 0 aliphatic rings. The number of amides is 1. The highest BCUT2D eigenvalue weighted by Gasteiger charge is 2.27. The summed E-state index contributed by atoms with van der Waals surface area (Å²) < 4.78 is 23.6. The Morgan fingerprint density at radius 3 is 1.30 bits per heavy atom. The van der Waals surface area contributed by atoms with Crippen molar-refractivity contribution in [2.75, 3.05) is 40.9 Å². The molecule has 1 amide bonds. The van der Waals surface area contributed by atoms with Crippen molar-refractivity contribution in [3.05, 3.63) is 36.5 Å². The summed E-state index contributed by atoms with van der Waals surface area (Å²) in [5, 5.41) is 13.8. The topological polar surface area (TPSA) is 105 Å². The lowest BCUT2D eigenvalue weighted by Gasteiger charge is -2.25. The molecule has 0 aliphatic carbocycles. The van der Waals surface area contributed by atoms with Gasteiger partial charge in [-0.2, -0.15) is 0 Å². The van der Waals surface area contributed by atoms with Crippen molar-refractivity contribution in [2.45, 2.75) is 264 Å². The van der Waals surface area contributed by atoms with E-state index in [1.807, 2.05) is 27.2 Å². The lowest BCUT2D eigenvalue weighted by Crippen LogP contribution is -2.45. The van der Waals surface area contributed by atoms with Crippen molar-refractivity contribution >= 4 is 13.7 Å². The van der Waals surface area contributed by atoms with E-state index in [4.69, 9.17) is 9.05 Å². The highest BCUT2D eigenvalue weighted by Crippen LogP contribution is 2.43. The summed E-state index contributed by atoms with van der Waals surface area (Å²) >= 11 is 0. The molecule has 0 aromatic heterocycles. The van der Waals surface area contributed by atoms with E-state index in [0.29, 0.717) is 17.4 Å². The van der Waals surface area contributed by atoms with Crippen LogP contribution in [-0.4, -0.2) is 73.4 Å². The van der Waals surface area contributed by atoms with Crippen LogP contribution in [0.15, 0.2) is 36.5 Å². The molecule has 0 saturated heterocycles. The molecule has 0 radical (unpaired) electrons. The molecule has 3 N–H and O–H groups in total. The number of aliphatic hydroxyl groups excluding tert-OH is 1. The molecule has 63 heavy (non-hydrogen) atoms. The Morgan fingerprint density at radius 2 is 0.905 bits per heavy atom. The first-order chi connectivity index (χ1) is 30.5. The van der Waals surface area contributed by atoms with Crippen LogP contribution in [0.4, 0.5) is 0 Å². The lowest BCUT2D eigenvalue weighted by atomic mass is 10.0. The number of nitrogens with zero attached hydrogens (tertiary/aromatic N) is 1. The zero-order valence-electron chi connectivity index (χ0n) is 42.3. The van der Waals surface area contributed by atoms with Gasteiger partial charge in [0.05, 0.1) is 39.9 Å². The first-order valence-corrected chi connectivity index (χ1v) is 28.4. The third kappa shape index (κ3) is 48.5. The Balaban J connectivity index is 4.01. The number of quaternary nitrogens is 1. The van der Waals surface area contributed by atoms with Gasteiger partial charge in [0.2, 0.25) is 5.91 Å². The van der Waals surface area contributed by atoms with Crippen LogP contribution in [0.1, 0.15) is 251 Å². The van der Waals surface area contributed by atoms with Crippen LogP contribution < -0.4 is 5.32 Å². The molecule has 372 valence electrons. The minimum atomic E-state index is -4.33. The number of hydrogen-bond acceptors (Lipinski definition) is 5. The molecule has 3 atom stereocenters. The van der Waals surface area contributed by atoms with Crippen molar-refractivity contribution in [1.82, 2.24) is 5.32 Å². The summed E-state index contributed by atoms with van der Waals surface area (Å²) in [5.74, 6) is -0.178. The minimum absolute atomic E-state index is 0.0620. The Labute approximate surface area is 391 Å². The van der Waals surface area contributed by atoms with Gasteiger partial charge in [-0.1, -0.05) is 230 Å². The van der Waals surface area contributed by atoms with Gasteiger partial charge in [0.15, 0.2) is 0 Å². The Hall–Kier alpha value is -1.28. The lowest BCUT2D eigenvalue weighted by molar-refractivity contribution is -0.870. The molecule has 8 nitrogen and oxygen atoms in total. The number of allylic oxidation sites excluding steroid dienone is 5. The van der Waals surface area contributed by atoms with Crippen molar-refractivity contribution in [3.63, 3.8) is 0 Å². The molecule has 3 unspecified atom stereocenters. The second kappa shape index (κ2) is 45.9. The quantitative estimate of drug-likeness (QED) is 0.0243. The number of aliphatic hydroxyl groups is 1. The number of carbonyl (C=O) groups is 1. The fraction of sp³-hybridized carbons (Fsp3) is 0.870. The second-order valence-corrected chi connectivity index (χ2v) is 21.1. The largest absolute Gasteiger partial charge is 0.472 e. The molecule has 0 bridgehead atoms. The molecule has 9 heteroatoms. The molecule has 0 aliphatic heterocycles. The number of nitrogens with one attached hydrogen (secondary N) is 1. The maximum atomic E-state index is 12.9. The van der Waals surface area contributed by atoms with Crippen molar-refractivity contribution in [3.8, 4) is 0 Å². The van der Waals surface area contributed by atoms with Crippen molar-refractivity contribution in [1.29, 1.82) is 0 Å². The van der Waals surface area contributed by atoms with Crippen LogP contribution in [0.2, 0.25) is 0 Å². The Kier molecular flexibility index (Phi) is 44.9. The van der Waals surface area contributed by atoms with Crippen LogP contribution in [-0.2, 0) is 18.4 Å². The first-order valence-electron chi connectivity index (χ1n) is 26.9. The fourth-order valence-electron chi connectivity index (χ4n) is 7.84. The van der Waals surface area contributed by atoms with Crippen LogP contribution in [0.5, 0.6) is 0 Å². The number of hydrogen-bond donors (Lipinski definition) is 3. The molecule has 0 heterocycles. The second-order valence-electron chi connectivity index (χ2n) is 19.6. The fourth-order valence-corrected chi connectivity index (χ4v) is 8.57. The molecule has 0 fully saturated rings. The molecule has 0 saturated carbocycles. The van der Waals surface area contributed by atoms with Crippen molar-refractivity contribution < 1.29 is 32.9 Å². The van der Waals surface area contributed by atoms with Gasteiger partial charge < -0.3 is 19.8 Å². The van der Waals surface area contributed by atoms with Crippen LogP contribution >= 0.6 is 7.82 Å². The van der Waals surface area contributed by atoms with Gasteiger partial charge in [-0.15, -0.1) is 0 Å². The summed E-state index contributed by atoms with van der Waals surface area (Å²) in [4.78, 5) is 23.2. The van der Waals surface area contributed by atoms with Crippen LogP contribution in [0.25, 0.3) is 0 Å². The standard InChI is InChI=1S/C54H105N2O6P/c1-6-8-10-12-14-16-18-19-20-21-22-23-24-25-26-27-28-29-30-31-32-33-34-35-36-37-38-40-42-44-46-48-54(58)55-52(51-62-63(59,60)61-50-49-56(3,4)5)53(57)47-45-43-41-39-17-15-13-11-9-7-2/h22-23,25-26,45,47,52-53,57H,6-21,24,27-44,46,48-51H2,1-5H3,(H-,55,58,59,60)/p+1/b23-22-,26-25-,47-45+. The Morgan fingerprint density at radius 1 is 0.540 bits per heavy atom. The van der Waals surface area contributed by atoms with Crippen LogP contribution in [0.3, 0.4) is 0 Å². The highest BCUT2D eigenvalue weighted by atomic mass is 31.2. The number of likely N-dealkylation sites (N-methyl/N-ethyl adjacent to an activating group) is 1. The Bertz CT molecular complexity index is 1120. The summed E-state index contributed by atoms with van der Waals surface area (Å²) in [6.07, 6.45) is 58.2. The average Bonchev–Trinajstić information content (AvgIpc) is 3.24. The number of unbranched alkanes of at least 4 members (excludes halogenated alkanes) is 32. The maximum Gasteiger partial charge on any atom is 0.472 e. The number of carbonyl (C=O) groups excluding carboxylic acids is 1. The zero-order valence-corrected chi connectivity index (χ0v) is 43.2. The molecular formula is C54H106N2O6P+. The third-order valence-electron chi connectivity index (χ3n) is 12.1. The SMILES string of the molecule is CCCCCCCCCC/C=C/C(O)C(COP(=O)(O)OCC[N+](C)(C)C)NC(=O)CCCCCCCCCCCCCCCCC/C=C\C/C=C\CCCCCCCCCCC. The van der Waals surface area contributed by atoms with Gasteiger partial charge in [0.1, 0.15) is 13.2 Å². The molecule has 0 aromatic rings. The number of phosphoric ester groups is 1. The van der Waals surface area contributed by atoms with E-state index in [2.05, 4.69) is 43.5 Å². The van der Waals surface area contributed by atoms with E-state index in [1.165, 1.54) is 186 Å². The van der Waals surface area contributed by atoms with E-state index in [9.17, 15) is 19.4 Å². The highest BCUT2D eigenvalue weighted by molar-refractivity contribution is 7.47. The minimum Gasteiger partial charge on any atom is -0.387 e. The van der Waals surface area contributed by atoms with E-state index in [-0.39, 0.29) is 19.1 Å². The van der Waals surface area contributed by atoms with Gasteiger partial charge in [-0.05, 0) is 51.4 Å². The maximum absolute atomic E-state index is 12.9. The summed E-state index contributed by atoms with van der Waals surface area (Å²) in [6, 6.07) is -0.843. The van der Waals surface area contributed by atoms with Crippen LogP contribution in [0, 0.1) is 0 Å². The van der Waals surface area contributed by atoms with E-state index < -0.39 is 20.0 Å². The zero-order chi connectivity index (χ0) is 46.4. The summed E-state index contributed by atoms with van der Waals surface area (Å²) in [6.45, 7) is 4.80. The molecule has 0 aromatic carbocycles. The normalized spacial score (nSPS) is 14.3. The number of phosphoric acid groups is 1. The van der Waals surface area contributed by atoms with Crippen molar-refractivity contribution in [2.24, 2.45) is 0 Å². The summed E-state index contributed by atoms with van der Waals surface area (Å²) in [5.41, 5.74) is 0. The van der Waals surface area contributed by atoms with E-state index in [0.717, 1.165) is 44.9 Å². The first kappa shape index (κ1) is 61.7. The molecule has 0 rings (SSSR count). The monoisotopic (exact) mass is 910 g/mol. The number of rotatable bonds is 49. The average molecular weight is 910 g/mol. The van der Waals surface area contributed by atoms with Gasteiger partial charge in [0.25, 0.3) is 0 Å². The molecule has 0 spiro atoms. The predicted octanol–water partition coefficient (Wildman–Crippen LogP) is 15.8. The van der Waals surface area contributed by atoms with E-state index >= 15 is 0 Å².